The van der Waals surface area contributed by atoms with E-state index in [0.717, 1.165) is 10.0 Å². The Morgan fingerprint density at radius 1 is 1.21 bits per heavy atom. The van der Waals surface area contributed by atoms with Crippen LogP contribution in [0.3, 0.4) is 0 Å². The van der Waals surface area contributed by atoms with Crippen LogP contribution < -0.4 is 4.74 Å². The van der Waals surface area contributed by atoms with Gasteiger partial charge in [0.1, 0.15) is 11.5 Å². The number of ether oxygens (including phenoxy) is 1. The molecule has 0 heterocycles. The van der Waals surface area contributed by atoms with Crippen molar-refractivity contribution in [3.63, 3.8) is 0 Å². The van der Waals surface area contributed by atoms with Gasteiger partial charge in [0.05, 0.1) is 10.6 Å². The summed E-state index contributed by atoms with van der Waals surface area (Å²) in [5.74, 6) is 0.127. The molecular weight excluding hydrogens is 332 g/mol. The number of rotatable bonds is 3. The standard InChI is InChI=1S/C14H10BrClO3/c1-8-6-9(14(17)18)2-5-12(8)19-13-7-10(15)3-4-11(13)16/h2-7H,1H3,(H,17,18). The second-order valence-corrected chi connectivity index (χ2v) is 5.29. The van der Waals surface area contributed by atoms with Crippen LogP contribution in [0.1, 0.15) is 15.9 Å². The van der Waals surface area contributed by atoms with Crippen molar-refractivity contribution in [2.75, 3.05) is 0 Å². The quantitative estimate of drug-likeness (QED) is 0.863. The zero-order valence-corrected chi connectivity index (χ0v) is 12.3. The van der Waals surface area contributed by atoms with E-state index >= 15 is 0 Å². The smallest absolute Gasteiger partial charge is 0.335 e. The minimum atomic E-state index is -0.963. The highest BCUT2D eigenvalue weighted by molar-refractivity contribution is 9.10. The molecule has 0 atom stereocenters. The van der Waals surface area contributed by atoms with Crippen LogP contribution >= 0.6 is 27.5 Å². The summed E-state index contributed by atoms with van der Waals surface area (Å²) in [6, 6.07) is 9.97. The first-order valence-corrected chi connectivity index (χ1v) is 6.61. The number of carboxylic acid groups (broad SMARTS) is 1. The molecule has 3 nitrogen and oxygen atoms in total. The van der Waals surface area contributed by atoms with E-state index < -0.39 is 5.97 Å². The Morgan fingerprint density at radius 2 is 1.95 bits per heavy atom. The third-order valence-electron chi connectivity index (χ3n) is 2.54. The van der Waals surface area contributed by atoms with E-state index in [4.69, 9.17) is 21.4 Å². The lowest BCUT2D eigenvalue weighted by Crippen LogP contribution is -1.97. The van der Waals surface area contributed by atoms with Gasteiger partial charge in [-0.05, 0) is 48.9 Å². The van der Waals surface area contributed by atoms with Gasteiger partial charge in [-0.1, -0.05) is 27.5 Å². The second-order valence-electron chi connectivity index (χ2n) is 3.96. The molecule has 98 valence electrons. The summed E-state index contributed by atoms with van der Waals surface area (Å²) in [6.07, 6.45) is 0. The van der Waals surface area contributed by atoms with Crippen molar-refractivity contribution in [3.8, 4) is 11.5 Å². The van der Waals surface area contributed by atoms with E-state index in [1.54, 1.807) is 31.2 Å². The molecule has 0 radical (unpaired) electrons. The molecule has 19 heavy (non-hydrogen) atoms. The van der Waals surface area contributed by atoms with Gasteiger partial charge in [0.25, 0.3) is 0 Å². The lowest BCUT2D eigenvalue weighted by atomic mass is 10.1. The van der Waals surface area contributed by atoms with Crippen LogP contribution in [0, 0.1) is 6.92 Å². The first-order valence-electron chi connectivity index (χ1n) is 5.44. The van der Waals surface area contributed by atoms with Crippen LogP contribution in [0.2, 0.25) is 5.02 Å². The van der Waals surface area contributed by atoms with Gasteiger partial charge in [0.15, 0.2) is 0 Å². The van der Waals surface area contributed by atoms with Crippen molar-refractivity contribution in [1.82, 2.24) is 0 Å². The Morgan fingerprint density at radius 3 is 2.58 bits per heavy atom. The van der Waals surface area contributed by atoms with Gasteiger partial charge in [-0.25, -0.2) is 4.79 Å². The molecule has 0 aliphatic rings. The van der Waals surface area contributed by atoms with Crippen molar-refractivity contribution >= 4 is 33.5 Å². The summed E-state index contributed by atoms with van der Waals surface area (Å²) >= 11 is 9.38. The lowest BCUT2D eigenvalue weighted by molar-refractivity contribution is 0.0697. The van der Waals surface area contributed by atoms with E-state index in [-0.39, 0.29) is 5.56 Å². The van der Waals surface area contributed by atoms with E-state index in [9.17, 15) is 4.79 Å². The Hall–Kier alpha value is -1.52. The fourth-order valence-corrected chi connectivity index (χ4v) is 2.07. The molecule has 0 spiro atoms. The van der Waals surface area contributed by atoms with Crippen molar-refractivity contribution in [2.45, 2.75) is 6.92 Å². The summed E-state index contributed by atoms with van der Waals surface area (Å²) in [4.78, 5) is 10.9. The van der Waals surface area contributed by atoms with Crippen LogP contribution in [0.25, 0.3) is 0 Å². The Kier molecular flexibility index (Phi) is 4.12. The summed E-state index contributed by atoms with van der Waals surface area (Å²) in [5, 5.41) is 9.39. The molecular formula is C14H10BrClO3. The minimum Gasteiger partial charge on any atom is -0.478 e. The molecule has 0 saturated carbocycles. The van der Waals surface area contributed by atoms with Crippen LogP contribution in [0.4, 0.5) is 0 Å². The number of aryl methyl sites for hydroxylation is 1. The van der Waals surface area contributed by atoms with E-state index in [2.05, 4.69) is 15.9 Å². The molecule has 0 amide bonds. The maximum atomic E-state index is 10.9. The number of aromatic carboxylic acids is 1. The van der Waals surface area contributed by atoms with Gasteiger partial charge in [-0.2, -0.15) is 0 Å². The first-order chi connectivity index (χ1) is 8.97. The molecule has 2 aromatic rings. The zero-order chi connectivity index (χ0) is 14.0. The Labute approximate surface area is 123 Å². The van der Waals surface area contributed by atoms with E-state index in [1.165, 1.54) is 6.07 Å². The number of benzene rings is 2. The highest BCUT2D eigenvalue weighted by atomic mass is 79.9. The Bertz CT molecular complexity index is 641. The Balaban J connectivity index is 2.33. The number of hydrogen-bond acceptors (Lipinski definition) is 2. The molecule has 0 fully saturated rings. The van der Waals surface area contributed by atoms with Crippen molar-refractivity contribution in [2.24, 2.45) is 0 Å². The SMILES string of the molecule is Cc1cc(C(=O)O)ccc1Oc1cc(Br)ccc1Cl. The summed E-state index contributed by atoms with van der Waals surface area (Å²) in [6.45, 7) is 1.79. The maximum Gasteiger partial charge on any atom is 0.335 e. The average Bonchev–Trinajstić information content (AvgIpc) is 2.36. The molecule has 0 aromatic heterocycles. The molecule has 0 unspecified atom stereocenters. The van der Waals surface area contributed by atoms with Gasteiger partial charge < -0.3 is 9.84 Å². The third-order valence-corrected chi connectivity index (χ3v) is 3.34. The number of carboxylic acids is 1. The fraction of sp³-hybridized carbons (Fsp3) is 0.0714. The van der Waals surface area contributed by atoms with Crippen LogP contribution in [0.5, 0.6) is 11.5 Å². The molecule has 0 bridgehead atoms. The van der Waals surface area contributed by atoms with Crippen molar-refractivity contribution in [1.29, 1.82) is 0 Å². The monoisotopic (exact) mass is 340 g/mol. The van der Waals surface area contributed by atoms with Crippen molar-refractivity contribution < 1.29 is 14.6 Å². The van der Waals surface area contributed by atoms with Gasteiger partial charge in [0.2, 0.25) is 0 Å². The third kappa shape index (κ3) is 3.28. The number of carbonyl (C=O) groups is 1. The van der Waals surface area contributed by atoms with Gasteiger partial charge in [0, 0.05) is 4.47 Å². The number of hydrogen-bond donors (Lipinski definition) is 1. The highest BCUT2D eigenvalue weighted by Gasteiger charge is 2.09. The zero-order valence-electron chi connectivity index (χ0n) is 9.98. The van der Waals surface area contributed by atoms with Crippen LogP contribution in [-0.2, 0) is 0 Å². The first kappa shape index (κ1) is 13.9. The topological polar surface area (TPSA) is 46.5 Å². The molecule has 0 saturated heterocycles. The van der Waals surface area contributed by atoms with Crippen molar-refractivity contribution in [3.05, 3.63) is 57.0 Å². The predicted molar refractivity (Wildman–Crippen MR) is 77.4 cm³/mol. The van der Waals surface area contributed by atoms with E-state index in [0.29, 0.717) is 16.5 Å². The highest BCUT2D eigenvalue weighted by Crippen LogP contribution is 2.33. The summed E-state index contributed by atoms with van der Waals surface area (Å²) < 4.78 is 6.55. The summed E-state index contributed by atoms with van der Waals surface area (Å²) in [7, 11) is 0. The van der Waals surface area contributed by atoms with Crippen LogP contribution in [0.15, 0.2) is 40.9 Å². The second kappa shape index (κ2) is 5.63. The predicted octanol–water partition coefficient (Wildman–Crippen LogP) is 4.90. The number of halogens is 2. The molecule has 0 aliphatic carbocycles. The maximum absolute atomic E-state index is 10.9. The molecule has 2 aromatic carbocycles. The lowest BCUT2D eigenvalue weighted by Gasteiger charge is -2.11. The average molecular weight is 342 g/mol. The van der Waals surface area contributed by atoms with Crippen LogP contribution in [-0.4, -0.2) is 11.1 Å². The van der Waals surface area contributed by atoms with Gasteiger partial charge >= 0.3 is 5.97 Å². The normalized spacial score (nSPS) is 10.3. The fourth-order valence-electron chi connectivity index (χ4n) is 1.57. The van der Waals surface area contributed by atoms with Gasteiger partial charge in [-0.3, -0.25) is 0 Å². The molecule has 1 N–H and O–H groups in total. The molecule has 0 aliphatic heterocycles. The van der Waals surface area contributed by atoms with E-state index in [1.807, 2.05) is 6.07 Å². The largest absolute Gasteiger partial charge is 0.478 e. The molecule has 2 rings (SSSR count). The molecule has 5 heteroatoms. The van der Waals surface area contributed by atoms with Gasteiger partial charge in [-0.15, -0.1) is 0 Å². The summed E-state index contributed by atoms with van der Waals surface area (Å²) in [5.41, 5.74) is 0.959. The minimum absolute atomic E-state index is 0.227.